The van der Waals surface area contributed by atoms with Gasteiger partial charge in [0.25, 0.3) is 11.7 Å². The van der Waals surface area contributed by atoms with Crippen molar-refractivity contribution in [2.45, 2.75) is 117 Å². The molecule has 5 aliphatic rings. The molecule has 63 heavy (non-hydrogen) atoms. The topological polar surface area (TPSA) is 220 Å². The summed E-state index contributed by atoms with van der Waals surface area (Å²) in [6.07, 6.45) is 9.75. The van der Waals surface area contributed by atoms with Crippen molar-refractivity contribution in [3.63, 3.8) is 0 Å². The van der Waals surface area contributed by atoms with E-state index in [1.165, 1.54) is 85.1 Å². The van der Waals surface area contributed by atoms with Gasteiger partial charge in [0.1, 0.15) is 23.4 Å². The van der Waals surface area contributed by atoms with E-state index >= 15 is 0 Å². The van der Waals surface area contributed by atoms with Crippen molar-refractivity contribution in [3.05, 3.63) is 52.8 Å². The number of aliphatic hydroxyl groups is 2. The number of ketones is 1. The lowest BCUT2D eigenvalue weighted by atomic mass is 9.78. The number of allylic oxidation sites excluding steroid dienone is 2. The summed E-state index contributed by atoms with van der Waals surface area (Å²) in [4.78, 5) is 43.2. The number of hydrogen-bond donors (Lipinski definition) is 6. The fourth-order valence-electron chi connectivity index (χ4n) is 9.47. The number of anilines is 1. The molecule has 4 aliphatic heterocycles. The Kier molecular flexibility index (Phi) is 14.5. The number of benzene rings is 2. The van der Waals surface area contributed by atoms with Crippen LogP contribution in [0.15, 0.2) is 41.2 Å². The number of nitrogens with zero attached hydrogens (tertiary/aromatic N) is 3. The van der Waals surface area contributed by atoms with Crippen molar-refractivity contribution >= 4 is 40.3 Å². The zero-order chi connectivity index (χ0) is 46.1. The highest BCUT2D eigenvalue weighted by atomic mass is 16.7. The lowest BCUT2D eigenvalue weighted by molar-refractivity contribution is -0.160. The molecule has 16 nitrogen and oxygen atoms in total. The number of hydrazone groups is 1. The second-order valence-electron chi connectivity index (χ2n) is 17.8. The van der Waals surface area contributed by atoms with Crippen LogP contribution >= 0.6 is 0 Å². The summed E-state index contributed by atoms with van der Waals surface area (Å²) in [6.45, 7) is 15.4. The molecule has 2 fully saturated rings. The normalized spacial score (nSPS) is 32.4. The molecule has 9 unspecified atom stereocenters. The number of carbonyl (C=O) groups is 3. The molecule has 9 atom stereocenters. The van der Waals surface area contributed by atoms with Crippen molar-refractivity contribution in [2.24, 2.45) is 28.8 Å². The van der Waals surface area contributed by atoms with Crippen LogP contribution < -0.4 is 10.1 Å². The first-order valence-corrected chi connectivity index (χ1v) is 21.9. The van der Waals surface area contributed by atoms with Gasteiger partial charge in [0.05, 0.1) is 53.0 Å². The van der Waals surface area contributed by atoms with E-state index in [1.807, 2.05) is 5.01 Å². The molecule has 4 heterocycles. The van der Waals surface area contributed by atoms with Gasteiger partial charge >= 0.3 is 11.8 Å². The summed E-state index contributed by atoms with van der Waals surface area (Å²) in [7, 11) is 1.44. The third-order valence-corrected chi connectivity index (χ3v) is 13.5. The molecule has 0 radical (unpaired) electrons. The van der Waals surface area contributed by atoms with Crippen LogP contribution in [0.1, 0.15) is 95.6 Å². The minimum Gasteiger partial charge on any atom is -0.507 e. The van der Waals surface area contributed by atoms with E-state index < -0.39 is 88.8 Å². The number of esters is 1. The SMILES string of the molecule is COC1/C=C\OC2(C)Oc3c(C)c(O)c4c(O)c(c(/C=N/N5CCN(C6CCCC6)CC5)c(O)c4c3C2=O)NC(=O)/C(C)=C\C=C/C(C)C(O)C(C)C(O)C(C)C(OC(C)=O)C1C. The highest BCUT2D eigenvalue weighted by Crippen LogP contribution is 2.55. The maximum atomic E-state index is 14.5. The maximum Gasteiger partial charge on any atom is 0.312 e. The number of fused-ring (bicyclic) bond motifs is 14. The molecule has 1 saturated carbocycles. The summed E-state index contributed by atoms with van der Waals surface area (Å²) in [6, 6.07) is 0.553. The van der Waals surface area contributed by atoms with Gasteiger partial charge in [-0.3, -0.25) is 24.3 Å². The smallest absolute Gasteiger partial charge is 0.312 e. The fourth-order valence-corrected chi connectivity index (χ4v) is 9.47. The predicted octanol–water partition coefficient (Wildman–Crippen LogP) is 5.65. The highest BCUT2D eigenvalue weighted by Gasteiger charge is 2.50. The highest BCUT2D eigenvalue weighted by molar-refractivity contribution is 6.23. The fraction of sp³-hybridized carbons (Fsp3) is 0.574. The summed E-state index contributed by atoms with van der Waals surface area (Å²) < 4.78 is 23.7. The van der Waals surface area contributed by atoms with Crippen LogP contribution in [0.3, 0.4) is 0 Å². The van der Waals surface area contributed by atoms with Crippen LogP contribution in [0, 0.1) is 30.6 Å². The minimum atomic E-state index is -2.04. The number of aromatic hydroxyl groups is 3. The largest absolute Gasteiger partial charge is 0.507 e. The van der Waals surface area contributed by atoms with E-state index in [9.17, 15) is 39.9 Å². The minimum absolute atomic E-state index is 0.0631. The Morgan fingerprint density at radius 3 is 2.22 bits per heavy atom. The van der Waals surface area contributed by atoms with Crippen LogP contribution in [0.4, 0.5) is 5.69 Å². The molecule has 0 aromatic heterocycles. The van der Waals surface area contributed by atoms with Crippen molar-refractivity contribution in [1.82, 2.24) is 9.91 Å². The van der Waals surface area contributed by atoms with Gasteiger partial charge in [0, 0.05) is 93.4 Å². The molecule has 1 saturated heterocycles. The first-order chi connectivity index (χ1) is 29.8. The average molecular weight is 877 g/mol. The zero-order valence-electron chi connectivity index (χ0n) is 37.8. The first-order valence-electron chi connectivity index (χ1n) is 21.9. The van der Waals surface area contributed by atoms with E-state index in [-0.39, 0.29) is 44.5 Å². The van der Waals surface area contributed by atoms with Crippen molar-refractivity contribution in [1.29, 1.82) is 0 Å². The van der Waals surface area contributed by atoms with Gasteiger partial charge in [0.15, 0.2) is 5.75 Å². The number of Topliss-reactive ketones (excluding diaryl/α,β-unsaturated/α-hetero) is 1. The lowest BCUT2D eigenvalue weighted by Gasteiger charge is -2.38. The molecular formula is C47H64N4O12. The second kappa shape index (κ2) is 19.3. The third kappa shape index (κ3) is 9.40. The molecule has 344 valence electrons. The monoisotopic (exact) mass is 876 g/mol. The Morgan fingerprint density at radius 2 is 1.59 bits per heavy atom. The molecule has 7 rings (SSSR count). The van der Waals surface area contributed by atoms with Crippen LogP contribution in [0.5, 0.6) is 23.0 Å². The Balaban J connectivity index is 1.47. The molecule has 2 aromatic rings. The Bertz CT molecular complexity index is 2190. The van der Waals surface area contributed by atoms with Crippen LogP contribution in [0.25, 0.3) is 10.8 Å². The van der Waals surface area contributed by atoms with Crippen molar-refractivity contribution in [2.75, 3.05) is 38.6 Å². The zero-order valence-corrected chi connectivity index (χ0v) is 37.8. The predicted molar refractivity (Wildman–Crippen MR) is 237 cm³/mol. The molecule has 1 aliphatic carbocycles. The van der Waals surface area contributed by atoms with Gasteiger partial charge in [-0.2, -0.15) is 5.10 Å². The molecule has 16 heteroatoms. The van der Waals surface area contributed by atoms with Gasteiger partial charge in [-0.05, 0) is 32.8 Å². The Morgan fingerprint density at radius 1 is 0.921 bits per heavy atom. The number of amides is 1. The number of hydrogen-bond acceptors (Lipinski definition) is 15. The summed E-state index contributed by atoms with van der Waals surface area (Å²) in [5.41, 5.74) is -0.293. The number of carbonyl (C=O) groups excluding carboxylic acids is 3. The number of phenolic OH excluding ortho intramolecular Hbond substituents is 3. The second-order valence-corrected chi connectivity index (χ2v) is 17.8. The Hall–Kier alpha value is -5.16. The molecule has 2 aromatic carbocycles. The number of phenols is 3. The van der Waals surface area contributed by atoms with Gasteiger partial charge in [0.2, 0.25) is 0 Å². The summed E-state index contributed by atoms with van der Waals surface area (Å²) >= 11 is 0. The molecule has 1 amide bonds. The number of ether oxygens (including phenoxy) is 4. The number of piperazine rings is 1. The maximum absolute atomic E-state index is 14.5. The molecule has 6 N–H and O–H groups in total. The summed E-state index contributed by atoms with van der Waals surface area (Å²) in [5.74, 6) is -8.28. The van der Waals surface area contributed by atoms with Gasteiger partial charge < -0.3 is 49.8 Å². The van der Waals surface area contributed by atoms with Crippen LogP contribution in [-0.4, -0.2) is 129 Å². The molecule has 0 spiro atoms. The van der Waals surface area contributed by atoms with Gasteiger partial charge in [-0.1, -0.05) is 58.8 Å². The van der Waals surface area contributed by atoms with Crippen molar-refractivity contribution < 1.29 is 58.9 Å². The Labute approximate surface area is 368 Å². The van der Waals surface area contributed by atoms with Gasteiger partial charge in [-0.15, -0.1) is 0 Å². The van der Waals surface area contributed by atoms with E-state index in [4.69, 9.17) is 18.9 Å². The van der Waals surface area contributed by atoms with E-state index in [1.54, 1.807) is 39.8 Å². The van der Waals surface area contributed by atoms with E-state index in [0.29, 0.717) is 19.1 Å². The van der Waals surface area contributed by atoms with E-state index in [2.05, 4.69) is 15.3 Å². The lowest BCUT2D eigenvalue weighted by Crippen LogP contribution is -2.47. The average Bonchev–Trinajstić information content (AvgIpc) is 3.89. The number of aliphatic hydroxyl groups excluding tert-OH is 2. The summed E-state index contributed by atoms with van der Waals surface area (Å²) in [5, 5.41) is 67.6. The standard InChI is InChI=1S/C47H64N4O12/c1-24-13-12-14-25(2)46(59)49-37-32(23-48-51-20-18-50(19-21-51)31-15-10-11-16-31)41(56)34-35(42(37)57)40(55)29(6)44-36(34)45(58)47(8,63-44)61-22-17-33(60-9)26(3)43(62-30(7)52)28(5)39(54)27(4)38(24)53/h12-14,17,22-24,26-28,31,33,38-39,43,53-57H,10-11,15-16,18-21H2,1-9H3,(H,49,59)/b13-12-,22-17-,25-14-,48-23+. The number of methoxy groups -OCH3 is 1. The van der Waals surface area contributed by atoms with Crippen molar-refractivity contribution in [3.8, 4) is 23.0 Å². The van der Waals surface area contributed by atoms with E-state index in [0.717, 1.165) is 13.1 Å². The molecule has 5 bridgehead atoms. The quantitative estimate of drug-likeness (QED) is 0.0926. The third-order valence-electron chi connectivity index (χ3n) is 13.5. The van der Waals surface area contributed by atoms with Crippen LogP contribution in [0.2, 0.25) is 0 Å². The molecular weight excluding hydrogens is 813 g/mol. The number of rotatable bonds is 5. The van der Waals surface area contributed by atoms with Gasteiger partial charge in [-0.25, -0.2) is 0 Å². The van der Waals surface area contributed by atoms with Crippen LogP contribution in [-0.2, 0) is 23.8 Å². The number of nitrogens with one attached hydrogen (secondary N) is 1. The first kappa shape index (κ1) is 47.3.